The quantitative estimate of drug-likeness (QED) is 0.587. The molecule has 0 radical (unpaired) electrons. The summed E-state index contributed by atoms with van der Waals surface area (Å²) in [4.78, 5) is 27.8. The van der Waals surface area contributed by atoms with Gasteiger partial charge in [0.2, 0.25) is 5.91 Å². The molecule has 0 aliphatic carbocycles. The lowest BCUT2D eigenvalue weighted by molar-refractivity contribution is -0.143. The molecule has 2 amide bonds. The van der Waals surface area contributed by atoms with Crippen LogP contribution < -0.4 is 14.8 Å². The number of aryl methyl sites for hydroxylation is 1. The minimum Gasteiger partial charge on any atom is -0.497 e. The Labute approximate surface area is 185 Å². The van der Waals surface area contributed by atoms with Crippen LogP contribution in [0.2, 0.25) is 0 Å². The fourth-order valence-electron chi connectivity index (χ4n) is 3.27. The van der Waals surface area contributed by atoms with Gasteiger partial charge in [0.15, 0.2) is 6.61 Å². The van der Waals surface area contributed by atoms with E-state index in [-0.39, 0.29) is 24.5 Å². The lowest BCUT2D eigenvalue weighted by Crippen LogP contribution is -2.51. The molecule has 0 spiro atoms. The Bertz CT molecular complexity index is 868. The smallest absolute Gasteiger partial charge is 0.261 e. The summed E-state index contributed by atoms with van der Waals surface area (Å²) >= 11 is 0. The number of benzene rings is 2. The van der Waals surface area contributed by atoms with Gasteiger partial charge in [-0.15, -0.1) is 0 Å². The number of hydrogen-bond acceptors (Lipinski definition) is 4. The first-order valence-electron chi connectivity index (χ1n) is 10.8. The SMILES string of the molecule is CC[C@H](C)NC(=O)[C@H](CC)N(Cc1cccc(OC)c1)C(=O)COc1ccccc1C. The average Bonchev–Trinajstić information content (AvgIpc) is 2.78. The number of hydrogen-bond donors (Lipinski definition) is 1. The Morgan fingerprint density at radius 2 is 1.81 bits per heavy atom. The van der Waals surface area contributed by atoms with Crippen molar-refractivity contribution in [1.82, 2.24) is 10.2 Å². The number of nitrogens with zero attached hydrogens (tertiary/aromatic N) is 1. The van der Waals surface area contributed by atoms with E-state index in [1.165, 1.54) is 0 Å². The number of amides is 2. The van der Waals surface area contributed by atoms with Crippen molar-refractivity contribution in [3.63, 3.8) is 0 Å². The third kappa shape index (κ3) is 7.02. The molecule has 0 saturated heterocycles. The monoisotopic (exact) mass is 426 g/mol. The number of carbonyl (C=O) groups excluding carboxylic acids is 2. The van der Waals surface area contributed by atoms with Crippen molar-refractivity contribution in [3.05, 3.63) is 59.7 Å². The summed E-state index contributed by atoms with van der Waals surface area (Å²) in [6, 6.07) is 14.5. The molecular formula is C25H34N2O4. The molecule has 2 aromatic rings. The molecule has 0 fully saturated rings. The highest BCUT2D eigenvalue weighted by molar-refractivity contribution is 5.88. The minimum absolute atomic E-state index is 0.0403. The Morgan fingerprint density at radius 1 is 1.06 bits per heavy atom. The van der Waals surface area contributed by atoms with Crippen LogP contribution in [0.25, 0.3) is 0 Å². The maximum Gasteiger partial charge on any atom is 0.261 e. The molecule has 0 bridgehead atoms. The molecule has 2 aromatic carbocycles. The van der Waals surface area contributed by atoms with Crippen LogP contribution in [0.15, 0.2) is 48.5 Å². The zero-order chi connectivity index (χ0) is 22.8. The standard InChI is InChI=1S/C25H34N2O4/c1-6-19(4)26-25(29)22(7-2)27(16-20-12-10-13-21(15-20)30-5)24(28)17-31-23-14-9-8-11-18(23)3/h8-15,19,22H,6-7,16-17H2,1-5H3,(H,26,29)/t19-,22-/m0/s1. The minimum atomic E-state index is -0.590. The summed E-state index contributed by atoms with van der Waals surface area (Å²) in [5.41, 5.74) is 1.84. The Hall–Kier alpha value is -3.02. The van der Waals surface area contributed by atoms with Crippen LogP contribution in [-0.2, 0) is 16.1 Å². The van der Waals surface area contributed by atoms with Crippen LogP contribution in [-0.4, -0.2) is 42.5 Å². The van der Waals surface area contributed by atoms with Crippen molar-refractivity contribution in [2.75, 3.05) is 13.7 Å². The van der Waals surface area contributed by atoms with E-state index in [2.05, 4.69) is 5.32 Å². The first kappa shape index (κ1) is 24.3. The van der Waals surface area contributed by atoms with Crippen LogP contribution in [0.5, 0.6) is 11.5 Å². The highest BCUT2D eigenvalue weighted by atomic mass is 16.5. The normalized spacial score (nSPS) is 12.5. The van der Waals surface area contributed by atoms with Gasteiger partial charge in [0, 0.05) is 12.6 Å². The Balaban J connectivity index is 2.25. The van der Waals surface area contributed by atoms with Gasteiger partial charge < -0.3 is 19.7 Å². The second-order valence-corrected chi connectivity index (χ2v) is 7.67. The molecule has 6 heteroatoms. The predicted molar refractivity (Wildman–Crippen MR) is 122 cm³/mol. The van der Waals surface area contributed by atoms with Crippen LogP contribution in [0, 0.1) is 6.92 Å². The summed E-state index contributed by atoms with van der Waals surface area (Å²) in [6.07, 6.45) is 1.32. The number of methoxy groups -OCH3 is 1. The van der Waals surface area contributed by atoms with Crippen LogP contribution in [0.1, 0.15) is 44.7 Å². The van der Waals surface area contributed by atoms with Crippen molar-refractivity contribution >= 4 is 11.8 Å². The summed E-state index contributed by atoms with van der Waals surface area (Å²) in [5, 5.41) is 3.01. The second-order valence-electron chi connectivity index (χ2n) is 7.67. The van der Waals surface area contributed by atoms with Gasteiger partial charge in [-0.25, -0.2) is 0 Å². The van der Waals surface area contributed by atoms with E-state index in [1.807, 2.05) is 76.2 Å². The molecular weight excluding hydrogens is 392 g/mol. The average molecular weight is 427 g/mol. The molecule has 0 aliphatic rings. The van der Waals surface area contributed by atoms with Crippen molar-refractivity contribution < 1.29 is 19.1 Å². The third-order valence-electron chi connectivity index (χ3n) is 5.32. The van der Waals surface area contributed by atoms with Crippen LogP contribution in [0.3, 0.4) is 0 Å². The van der Waals surface area contributed by atoms with E-state index in [9.17, 15) is 9.59 Å². The van der Waals surface area contributed by atoms with E-state index >= 15 is 0 Å². The molecule has 2 rings (SSSR count). The first-order valence-corrected chi connectivity index (χ1v) is 10.8. The molecule has 2 atom stereocenters. The predicted octanol–water partition coefficient (Wildman–Crippen LogP) is 4.10. The van der Waals surface area contributed by atoms with Gasteiger partial charge in [-0.3, -0.25) is 9.59 Å². The number of para-hydroxylation sites is 1. The number of rotatable bonds is 11. The van der Waals surface area contributed by atoms with Gasteiger partial charge >= 0.3 is 0 Å². The van der Waals surface area contributed by atoms with E-state index in [0.29, 0.717) is 24.5 Å². The van der Waals surface area contributed by atoms with Crippen molar-refractivity contribution in [3.8, 4) is 11.5 Å². The van der Waals surface area contributed by atoms with E-state index < -0.39 is 6.04 Å². The van der Waals surface area contributed by atoms with Crippen molar-refractivity contribution in [2.24, 2.45) is 0 Å². The van der Waals surface area contributed by atoms with Gasteiger partial charge in [-0.2, -0.15) is 0 Å². The fraction of sp³-hybridized carbons (Fsp3) is 0.440. The summed E-state index contributed by atoms with van der Waals surface area (Å²) in [6.45, 7) is 7.97. The van der Waals surface area contributed by atoms with Gasteiger partial charge in [0.05, 0.1) is 7.11 Å². The Morgan fingerprint density at radius 3 is 2.45 bits per heavy atom. The van der Waals surface area contributed by atoms with Gasteiger partial charge in [0.25, 0.3) is 5.91 Å². The maximum atomic E-state index is 13.2. The molecule has 0 saturated carbocycles. The largest absolute Gasteiger partial charge is 0.497 e. The summed E-state index contributed by atoms with van der Waals surface area (Å²) < 4.78 is 11.1. The van der Waals surface area contributed by atoms with E-state index in [1.54, 1.807) is 12.0 Å². The van der Waals surface area contributed by atoms with Crippen LogP contribution in [0.4, 0.5) is 0 Å². The third-order valence-corrected chi connectivity index (χ3v) is 5.32. The summed E-state index contributed by atoms with van der Waals surface area (Å²) in [7, 11) is 1.60. The lowest BCUT2D eigenvalue weighted by Gasteiger charge is -2.31. The molecule has 168 valence electrons. The van der Waals surface area contributed by atoms with E-state index in [4.69, 9.17) is 9.47 Å². The maximum absolute atomic E-state index is 13.2. The highest BCUT2D eigenvalue weighted by Gasteiger charge is 2.29. The van der Waals surface area contributed by atoms with E-state index in [0.717, 1.165) is 17.5 Å². The molecule has 0 aromatic heterocycles. The number of carbonyl (C=O) groups is 2. The molecule has 1 N–H and O–H groups in total. The zero-order valence-electron chi connectivity index (χ0n) is 19.2. The zero-order valence-corrected chi connectivity index (χ0v) is 19.2. The van der Waals surface area contributed by atoms with Gasteiger partial charge in [-0.1, -0.05) is 44.2 Å². The molecule has 0 heterocycles. The van der Waals surface area contributed by atoms with Crippen molar-refractivity contribution in [2.45, 2.75) is 59.2 Å². The van der Waals surface area contributed by atoms with Gasteiger partial charge in [-0.05, 0) is 56.0 Å². The highest BCUT2D eigenvalue weighted by Crippen LogP contribution is 2.19. The molecule has 6 nitrogen and oxygen atoms in total. The molecule has 0 unspecified atom stereocenters. The van der Waals surface area contributed by atoms with Crippen LogP contribution >= 0.6 is 0 Å². The summed E-state index contributed by atoms with van der Waals surface area (Å²) in [5.74, 6) is 0.980. The van der Waals surface area contributed by atoms with Gasteiger partial charge in [0.1, 0.15) is 17.5 Å². The lowest BCUT2D eigenvalue weighted by atomic mass is 10.1. The molecule has 31 heavy (non-hydrogen) atoms. The Kier molecular flexibility index (Phi) is 9.38. The topological polar surface area (TPSA) is 67.9 Å². The first-order chi connectivity index (χ1) is 14.9. The fourth-order valence-corrected chi connectivity index (χ4v) is 3.27. The second kappa shape index (κ2) is 12.0. The van der Waals surface area contributed by atoms with Crippen molar-refractivity contribution in [1.29, 1.82) is 0 Å². The number of nitrogens with one attached hydrogen (secondary N) is 1. The number of ether oxygens (including phenoxy) is 2. The molecule has 0 aliphatic heterocycles.